The molecule has 1 atom stereocenters. The summed E-state index contributed by atoms with van der Waals surface area (Å²) in [5.41, 5.74) is 8.86. The minimum absolute atomic E-state index is 0.0105. The Labute approximate surface area is 207 Å². The highest BCUT2D eigenvalue weighted by molar-refractivity contribution is 7.89. The molecule has 1 saturated heterocycles. The van der Waals surface area contributed by atoms with E-state index in [1.54, 1.807) is 17.0 Å². The topological polar surface area (TPSA) is 143 Å². The molecule has 0 bridgehead atoms. The highest BCUT2D eigenvalue weighted by Gasteiger charge is 2.26. The molecule has 5 rings (SSSR count). The van der Waals surface area contributed by atoms with Crippen LogP contribution in [0, 0.1) is 17.3 Å². The fourth-order valence-corrected chi connectivity index (χ4v) is 5.49. The average molecular weight is 507 g/mol. The van der Waals surface area contributed by atoms with Crippen LogP contribution in [0.3, 0.4) is 0 Å². The first-order chi connectivity index (χ1) is 17.4. The molecular formula is C24H23FN8O2S. The Morgan fingerprint density at radius 2 is 1.94 bits per heavy atom. The number of likely N-dealkylation sites (tertiary alicyclic amines) is 1. The van der Waals surface area contributed by atoms with Gasteiger partial charge >= 0.3 is 0 Å². The molecule has 2 aromatic heterocycles. The Kier molecular flexibility index (Phi) is 6.26. The van der Waals surface area contributed by atoms with E-state index < -0.39 is 20.7 Å². The summed E-state index contributed by atoms with van der Waals surface area (Å²) in [5, 5.41) is 14.8. The van der Waals surface area contributed by atoms with Gasteiger partial charge in [-0.15, -0.1) is 0 Å². The quantitative estimate of drug-likeness (QED) is 0.380. The van der Waals surface area contributed by atoms with Gasteiger partial charge in [-0.05, 0) is 30.5 Å². The van der Waals surface area contributed by atoms with Crippen LogP contribution in [0.4, 0.5) is 10.2 Å². The summed E-state index contributed by atoms with van der Waals surface area (Å²) >= 11 is 0. The van der Waals surface area contributed by atoms with Crippen molar-refractivity contribution < 1.29 is 12.8 Å². The highest BCUT2D eigenvalue weighted by Crippen LogP contribution is 2.33. The van der Waals surface area contributed by atoms with Crippen LogP contribution in [0.2, 0.25) is 0 Å². The van der Waals surface area contributed by atoms with Crippen molar-refractivity contribution in [3.63, 3.8) is 0 Å². The van der Waals surface area contributed by atoms with Gasteiger partial charge in [0.15, 0.2) is 11.8 Å². The standard InChI is InChI=1S/C24H23FN8O2S/c25-19-5-1-2-6-20(19)36(34,35)30-12-16-7-9-17(10-8-16)22-21-23(27)28-15-29-24(21)33(31-22)18-4-3-11-32(13-18)14-26/h1-2,5-10,15,18,30H,3-4,11-13H2,(H2,27,28,29). The van der Waals surface area contributed by atoms with Crippen molar-refractivity contribution in [2.45, 2.75) is 30.3 Å². The summed E-state index contributed by atoms with van der Waals surface area (Å²) in [6.07, 6.45) is 5.34. The van der Waals surface area contributed by atoms with Crippen LogP contribution < -0.4 is 10.5 Å². The maximum absolute atomic E-state index is 13.9. The summed E-state index contributed by atoms with van der Waals surface area (Å²) in [6.45, 7) is 1.25. The van der Waals surface area contributed by atoms with Crippen LogP contribution in [0.1, 0.15) is 24.4 Å². The van der Waals surface area contributed by atoms with E-state index in [0.717, 1.165) is 31.0 Å². The van der Waals surface area contributed by atoms with Crippen LogP contribution in [0.25, 0.3) is 22.3 Å². The van der Waals surface area contributed by atoms with Crippen molar-refractivity contribution in [2.24, 2.45) is 0 Å². The molecule has 0 spiro atoms. The van der Waals surface area contributed by atoms with E-state index in [4.69, 9.17) is 10.8 Å². The number of fused-ring (bicyclic) bond motifs is 1. The molecule has 1 unspecified atom stereocenters. The molecule has 0 amide bonds. The van der Waals surface area contributed by atoms with Crippen molar-refractivity contribution >= 4 is 26.9 Å². The van der Waals surface area contributed by atoms with Crippen LogP contribution in [0.5, 0.6) is 0 Å². The fraction of sp³-hybridized carbons (Fsp3) is 0.250. The van der Waals surface area contributed by atoms with Gasteiger partial charge in [-0.2, -0.15) is 10.4 Å². The predicted molar refractivity (Wildman–Crippen MR) is 131 cm³/mol. The van der Waals surface area contributed by atoms with Crippen molar-refractivity contribution in [3.8, 4) is 17.5 Å². The normalized spacial score (nSPS) is 16.2. The molecule has 10 nitrogen and oxygen atoms in total. The first-order valence-corrected chi connectivity index (χ1v) is 12.8. The Balaban J connectivity index is 1.42. The van der Waals surface area contributed by atoms with Crippen LogP contribution in [-0.2, 0) is 16.6 Å². The largest absolute Gasteiger partial charge is 0.383 e. The van der Waals surface area contributed by atoms with Crippen molar-refractivity contribution in [1.29, 1.82) is 5.26 Å². The number of nitriles is 1. The van der Waals surface area contributed by atoms with Gasteiger partial charge in [0.05, 0.1) is 18.0 Å². The first kappa shape index (κ1) is 23.7. The Hall–Kier alpha value is -4.08. The van der Waals surface area contributed by atoms with Gasteiger partial charge in [-0.3, -0.25) is 0 Å². The molecule has 0 aliphatic carbocycles. The van der Waals surface area contributed by atoms with E-state index in [9.17, 15) is 18.1 Å². The molecule has 1 fully saturated rings. The fourth-order valence-electron chi connectivity index (χ4n) is 4.40. The van der Waals surface area contributed by atoms with E-state index in [1.165, 1.54) is 24.5 Å². The predicted octanol–water partition coefficient (Wildman–Crippen LogP) is 2.81. The zero-order valence-electron chi connectivity index (χ0n) is 19.2. The maximum atomic E-state index is 13.9. The lowest BCUT2D eigenvalue weighted by Gasteiger charge is -2.28. The first-order valence-electron chi connectivity index (χ1n) is 11.3. The average Bonchev–Trinajstić information content (AvgIpc) is 3.29. The third-order valence-electron chi connectivity index (χ3n) is 6.22. The second-order valence-corrected chi connectivity index (χ2v) is 10.3. The maximum Gasteiger partial charge on any atom is 0.243 e. The molecule has 12 heteroatoms. The Bertz CT molecular complexity index is 1560. The van der Waals surface area contributed by atoms with Crippen molar-refractivity contribution in [1.82, 2.24) is 29.4 Å². The molecule has 0 saturated carbocycles. The number of rotatable bonds is 6. The van der Waals surface area contributed by atoms with Crippen molar-refractivity contribution in [2.75, 3.05) is 18.8 Å². The third kappa shape index (κ3) is 4.46. The highest BCUT2D eigenvalue weighted by atomic mass is 32.2. The third-order valence-corrected chi connectivity index (χ3v) is 7.66. The number of sulfonamides is 1. The number of nitrogens with one attached hydrogen (secondary N) is 1. The Morgan fingerprint density at radius 3 is 2.69 bits per heavy atom. The lowest BCUT2D eigenvalue weighted by atomic mass is 10.1. The van der Waals surface area contributed by atoms with E-state index in [0.29, 0.717) is 34.7 Å². The Morgan fingerprint density at radius 1 is 1.17 bits per heavy atom. The number of anilines is 1. The minimum Gasteiger partial charge on any atom is -0.383 e. The zero-order chi connectivity index (χ0) is 25.3. The molecule has 1 aliphatic rings. The van der Waals surface area contributed by atoms with Gasteiger partial charge in [0.1, 0.15) is 28.6 Å². The van der Waals surface area contributed by atoms with Crippen molar-refractivity contribution in [3.05, 3.63) is 66.2 Å². The molecule has 36 heavy (non-hydrogen) atoms. The number of nitrogens with zero attached hydrogens (tertiary/aromatic N) is 6. The molecule has 0 radical (unpaired) electrons. The molecule has 184 valence electrons. The number of aromatic nitrogens is 4. The number of benzene rings is 2. The number of hydrogen-bond donors (Lipinski definition) is 2. The summed E-state index contributed by atoms with van der Waals surface area (Å²) < 4.78 is 43.1. The lowest BCUT2D eigenvalue weighted by Crippen LogP contribution is -2.33. The van der Waals surface area contributed by atoms with Crippen LogP contribution in [0.15, 0.2) is 59.8 Å². The van der Waals surface area contributed by atoms with Gasteiger partial charge < -0.3 is 10.6 Å². The van der Waals surface area contributed by atoms with Gasteiger partial charge in [-0.25, -0.2) is 32.2 Å². The van der Waals surface area contributed by atoms with Crippen LogP contribution >= 0.6 is 0 Å². The molecule has 2 aromatic carbocycles. The van der Waals surface area contributed by atoms with Gasteiger partial charge in [-0.1, -0.05) is 36.4 Å². The number of nitrogens with two attached hydrogens (primary N) is 1. The second-order valence-electron chi connectivity index (χ2n) is 8.54. The summed E-state index contributed by atoms with van der Waals surface area (Å²) in [4.78, 5) is 9.88. The minimum atomic E-state index is -4.00. The van der Waals surface area contributed by atoms with E-state index in [2.05, 4.69) is 20.9 Å². The number of hydrogen-bond acceptors (Lipinski definition) is 8. The number of halogens is 1. The number of nitrogen functional groups attached to an aromatic ring is 1. The molecule has 1 aliphatic heterocycles. The van der Waals surface area contributed by atoms with Gasteiger partial charge in [0.25, 0.3) is 0 Å². The molecule has 3 N–H and O–H groups in total. The number of piperidine rings is 1. The second kappa shape index (κ2) is 9.52. The van der Waals surface area contributed by atoms with E-state index in [-0.39, 0.29) is 12.6 Å². The monoisotopic (exact) mass is 506 g/mol. The van der Waals surface area contributed by atoms with Crippen LogP contribution in [-0.4, -0.2) is 46.2 Å². The van der Waals surface area contributed by atoms with E-state index in [1.807, 2.05) is 16.8 Å². The SMILES string of the molecule is N#CN1CCCC(n2nc(-c3ccc(CNS(=O)(=O)c4ccccc4F)cc3)c3c(N)ncnc32)C1. The molecular weight excluding hydrogens is 483 g/mol. The molecule has 3 heterocycles. The summed E-state index contributed by atoms with van der Waals surface area (Å²) in [7, 11) is -4.00. The van der Waals surface area contributed by atoms with Gasteiger partial charge in [0.2, 0.25) is 10.0 Å². The molecule has 4 aromatic rings. The zero-order valence-corrected chi connectivity index (χ0v) is 20.0. The summed E-state index contributed by atoms with van der Waals surface area (Å²) in [5.74, 6) is -0.505. The lowest BCUT2D eigenvalue weighted by molar-refractivity contribution is 0.236. The summed E-state index contributed by atoms with van der Waals surface area (Å²) in [6, 6.07) is 12.4. The smallest absolute Gasteiger partial charge is 0.243 e. The van der Waals surface area contributed by atoms with E-state index >= 15 is 0 Å². The van der Waals surface area contributed by atoms with Gasteiger partial charge in [0, 0.05) is 18.7 Å².